The maximum atomic E-state index is 13.2. The molecule has 0 fully saturated rings. The predicted octanol–water partition coefficient (Wildman–Crippen LogP) is 4.52. The van der Waals surface area contributed by atoms with E-state index in [2.05, 4.69) is 0 Å². The van der Waals surface area contributed by atoms with Gasteiger partial charge in [0.05, 0.1) is 0 Å². The van der Waals surface area contributed by atoms with Gasteiger partial charge in [-0.3, -0.25) is 4.79 Å². The van der Waals surface area contributed by atoms with Crippen LogP contribution in [0, 0.1) is 19.7 Å². The zero-order valence-electron chi connectivity index (χ0n) is 10.8. The van der Waals surface area contributed by atoms with E-state index in [-0.39, 0.29) is 18.0 Å². The van der Waals surface area contributed by atoms with Crippen LogP contribution in [-0.4, -0.2) is 5.78 Å². The molecule has 0 amide bonds. The average Bonchev–Trinajstić information content (AvgIpc) is 2.36. The number of hydrogen-bond acceptors (Lipinski definition) is 1. The lowest BCUT2D eigenvalue weighted by atomic mass is 9.97. The predicted molar refractivity (Wildman–Crippen MR) is 75.4 cm³/mol. The van der Waals surface area contributed by atoms with Crippen molar-refractivity contribution in [3.05, 3.63) is 69.5 Å². The van der Waals surface area contributed by atoms with Crippen LogP contribution in [0.25, 0.3) is 0 Å². The Morgan fingerprint density at radius 1 is 1.11 bits per heavy atom. The summed E-state index contributed by atoms with van der Waals surface area (Å²) in [5.41, 5.74) is 3.10. The average molecular weight is 277 g/mol. The Kier molecular flexibility index (Phi) is 4.01. The van der Waals surface area contributed by atoms with Crippen molar-refractivity contribution in [2.75, 3.05) is 0 Å². The van der Waals surface area contributed by atoms with E-state index in [1.807, 2.05) is 19.9 Å². The zero-order chi connectivity index (χ0) is 14.0. The van der Waals surface area contributed by atoms with Crippen LogP contribution in [0.15, 0.2) is 36.4 Å². The van der Waals surface area contributed by atoms with Gasteiger partial charge in [0.15, 0.2) is 5.78 Å². The van der Waals surface area contributed by atoms with Gasteiger partial charge in [-0.15, -0.1) is 0 Å². The zero-order valence-corrected chi connectivity index (χ0v) is 11.6. The molecule has 98 valence electrons. The highest BCUT2D eigenvalue weighted by molar-refractivity contribution is 6.31. The Labute approximate surface area is 117 Å². The Morgan fingerprint density at radius 2 is 1.79 bits per heavy atom. The third-order valence-electron chi connectivity index (χ3n) is 3.16. The van der Waals surface area contributed by atoms with Gasteiger partial charge < -0.3 is 0 Å². The fraction of sp³-hybridized carbons (Fsp3) is 0.188. The molecule has 0 heterocycles. The van der Waals surface area contributed by atoms with Crippen molar-refractivity contribution in [1.29, 1.82) is 0 Å². The monoisotopic (exact) mass is 276 g/mol. The molecule has 2 rings (SSSR count). The first-order chi connectivity index (χ1) is 8.97. The summed E-state index contributed by atoms with van der Waals surface area (Å²) in [6, 6.07) is 9.72. The van der Waals surface area contributed by atoms with E-state index in [0.29, 0.717) is 16.1 Å². The Bertz CT molecular complexity index is 635. The summed E-state index contributed by atoms with van der Waals surface area (Å²) in [6.07, 6.45) is 0.185. The minimum Gasteiger partial charge on any atom is -0.294 e. The van der Waals surface area contributed by atoms with Crippen LogP contribution in [0.1, 0.15) is 27.0 Å². The number of rotatable bonds is 3. The number of halogens is 2. The van der Waals surface area contributed by atoms with Crippen LogP contribution in [0.2, 0.25) is 5.02 Å². The molecular weight excluding hydrogens is 263 g/mol. The Morgan fingerprint density at radius 3 is 2.53 bits per heavy atom. The van der Waals surface area contributed by atoms with Crippen molar-refractivity contribution in [3.63, 3.8) is 0 Å². The molecule has 2 aromatic carbocycles. The minimum atomic E-state index is -0.323. The second kappa shape index (κ2) is 5.54. The van der Waals surface area contributed by atoms with Crippen molar-refractivity contribution in [3.8, 4) is 0 Å². The van der Waals surface area contributed by atoms with Gasteiger partial charge in [0, 0.05) is 17.0 Å². The summed E-state index contributed by atoms with van der Waals surface area (Å²) in [7, 11) is 0. The summed E-state index contributed by atoms with van der Waals surface area (Å²) in [5.74, 6) is -0.370. The van der Waals surface area contributed by atoms with Crippen LogP contribution in [0.3, 0.4) is 0 Å². The molecule has 0 aliphatic carbocycles. The quantitative estimate of drug-likeness (QED) is 0.753. The highest BCUT2D eigenvalue weighted by atomic mass is 35.5. The Hall–Kier alpha value is -1.67. The van der Waals surface area contributed by atoms with Gasteiger partial charge in [-0.05, 0) is 54.8 Å². The highest BCUT2D eigenvalue weighted by Crippen LogP contribution is 2.19. The molecular formula is C16H14ClFO. The summed E-state index contributed by atoms with van der Waals surface area (Å²) in [5, 5.41) is 0.532. The van der Waals surface area contributed by atoms with Gasteiger partial charge in [0.25, 0.3) is 0 Å². The SMILES string of the molecule is Cc1ccc(F)cc1CC(=O)c1cc(Cl)ccc1C. The second-order valence-electron chi connectivity index (χ2n) is 4.63. The van der Waals surface area contributed by atoms with Crippen molar-refractivity contribution in [2.24, 2.45) is 0 Å². The highest BCUT2D eigenvalue weighted by Gasteiger charge is 2.12. The summed E-state index contributed by atoms with van der Waals surface area (Å²) >= 11 is 5.91. The van der Waals surface area contributed by atoms with Gasteiger partial charge >= 0.3 is 0 Å². The summed E-state index contributed by atoms with van der Waals surface area (Å²) in [4.78, 5) is 12.3. The van der Waals surface area contributed by atoms with Crippen molar-refractivity contribution in [1.82, 2.24) is 0 Å². The molecule has 0 aliphatic rings. The van der Waals surface area contributed by atoms with E-state index in [1.54, 1.807) is 18.2 Å². The standard InChI is InChI=1S/C16H14ClFO/c1-10-4-6-14(18)7-12(10)8-16(19)15-9-13(17)5-3-11(15)2/h3-7,9H,8H2,1-2H3. The molecule has 0 N–H and O–H groups in total. The molecule has 0 saturated carbocycles. The lowest BCUT2D eigenvalue weighted by molar-refractivity contribution is 0.0992. The molecule has 0 aliphatic heterocycles. The summed E-state index contributed by atoms with van der Waals surface area (Å²) < 4.78 is 13.2. The number of aryl methyl sites for hydroxylation is 2. The van der Waals surface area contributed by atoms with Crippen LogP contribution in [-0.2, 0) is 6.42 Å². The molecule has 0 unspecified atom stereocenters. The number of benzene rings is 2. The van der Waals surface area contributed by atoms with E-state index in [4.69, 9.17) is 11.6 Å². The van der Waals surface area contributed by atoms with Crippen molar-refractivity contribution >= 4 is 17.4 Å². The second-order valence-corrected chi connectivity index (χ2v) is 5.07. The molecule has 0 radical (unpaired) electrons. The molecule has 0 aromatic heterocycles. The van der Waals surface area contributed by atoms with E-state index in [1.165, 1.54) is 12.1 Å². The summed E-state index contributed by atoms with van der Waals surface area (Å²) in [6.45, 7) is 3.73. The minimum absolute atomic E-state index is 0.0475. The van der Waals surface area contributed by atoms with Gasteiger partial charge in [-0.1, -0.05) is 23.7 Å². The molecule has 2 aromatic rings. The van der Waals surface area contributed by atoms with E-state index in [9.17, 15) is 9.18 Å². The van der Waals surface area contributed by atoms with Crippen molar-refractivity contribution in [2.45, 2.75) is 20.3 Å². The molecule has 19 heavy (non-hydrogen) atoms. The van der Waals surface area contributed by atoms with E-state index < -0.39 is 0 Å². The number of Topliss-reactive ketones (excluding diaryl/α,β-unsaturated/α-hetero) is 1. The first-order valence-electron chi connectivity index (χ1n) is 6.02. The first kappa shape index (κ1) is 13.8. The molecule has 3 heteroatoms. The smallest absolute Gasteiger partial charge is 0.167 e. The third kappa shape index (κ3) is 3.21. The fourth-order valence-electron chi connectivity index (χ4n) is 1.99. The van der Waals surface area contributed by atoms with E-state index in [0.717, 1.165) is 11.1 Å². The Balaban J connectivity index is 2.30. The maximum Gasteiger partial charge on any atom is 0.167 e. The normalized spacial score (nSPS) is 10.5. The van der Waals surface area contributed by atoms with Gasteiger partial charge in [-0.25, -0.2) is 4.39 Å². The molecule has 0 bridgehead atoms. The first-order valence-corrected chi connectivity index (χ1v) is 6.39. The van der Waals surface area contributed by atoms with Crippen molar-refractivity contribution < 1.29 is 9.18 Å². The van der Waals surface area contributed by atoms with Gasteiger partial charge in [-0.2, -0.15) is 0 Å². The maximum absolute atomic E-state index is 13.2. The number of hydrogen-bond donors (Lipinski definition) is 0. The van der Waals surface area contributed by atoms with Gasteiger partial charge in [0.1, 0.15) is 5.82 Å². The van der Waals surface area contributed by atoms with Crippen LogP contribution in [0.4, 0.5) is 4.39 Å². The van der Waals surface area contributed by atoms with Crippen LogP contribution >= 0.6 is 11.6 Å². The lowest BCUT2D eigenvalue weighted by Crippen LogP contribution is -2.07. The fourth-order valence-corrected chi connectivity index (χ4v) is 2.17. The van der Waals surface area contributed by atoms with Crippen LogP contribution < -0.4 is 0 Å². The third-order valence-corrected chi connectivity index (χ3v) is 3.40. The molecule has 0 spiro atoms. The number of ketones is 1. The molecule has 1 nitrogen and oxygen atoms in total. The number of carbonyl (C=O) groups is 1. The topological polar surface area (TPSA) is 17.1 Å². The van der Waals surface area contributed by atoms with E-state index >= 15 is 0 Å². The molecule has 0 saturated heterocycles. The van der Waals surface area contributed by atoms with Gasteiger partial charge in [0.2, 0.25) is 0 Å². The molecule has 0 atom stereocenters. The van der Waals surface area contributed by atoms with Crippen LogP contribution in [0.5, 0.6) is 0 Å². The largest absolute Gasteiger partial charge is 0.294 e. The number of carbonyl (C=O) groups excluding carboxylic acids is 1. The lowest BCUT2D eigenvalue weighted by Gasteiger charge is -2.08.